The van der Waals surface area contributed by atoms with Gasteiger partial charge in [0.05, 0.1) is 0 Å². The van der Waals surface area contributed by atoms with E-state index in [4.69, 9.17) is 9.15 Å². The van der Waals surface area contributed by atoms with Crippen molar-refractivity contribution in [2.24, 2.45) is 5.92 Å². The van der Waals surface area contributed by atoms with Crippen molar-refractivity contribution in [3.63, 3.8) is 0 Å². The molecule has 1 N–H and O–H groups in total. The second kappa shape index (κ2) is 11.1. The molecule has 1 aliphatic heterocycles. The molecule has 1 saturated heterocycles. The zero-order valence-electron chi connectivity index (χ0n) is 19.6. The van der Waals surface area contributed by atoms with E-state index in [-0.39, 0.29) is 17.7 Å². The molecule has 2 amide bonds. The highest BCUT2D eigenvalue weighted by Gasteiger charge is 2.27. The van der Waals surface area contributed by atoms with Gasteiger partial charge in [-0.2, -0.15) is 0 Å². The normalized spacial score (nSPS) is 14.2. The van der Waals surface area contributed by atoms with Crippen LogP contribution in [0.25, 0.3) is 22.9 Å². The monoisotopic (exact) mass is 462 g/mol. The van der Waals surface area contributed by atoms with Crippen molar-refractivity contribution in [3.8, 4) is 22.9 Å². The molecule has 0 atom stereocenters. The summed E-state index contributed by atoms with van der Waals surface area (Å²) >= 11 is 0. The topological polar surface area (TPSA) is 97.6 Å². The molecule has 178 valence electrons. The van der Waals surface area contributed by atoms with Crippen LogP contribution >= 0.6 is 0 Å². The largest absolute Gasteiger partial charge is 0.416 e. The van der Waals surface area contributed by atoms with Crippen LogP contribution in [0.2, 0.25) is 0 Å². The molecule has 0 bridgehead atoms. The Labute approximate surface area is 199 Å². The highest BCUT2D eigenvalue weighted by molar-refractivity contribution is 5.94. The maximum atomic E-state index is 13.0. The van der Waals surface area contributed by atoms with Gasteiger partial charge in [-0.1, -0.05) is 18.2 Å². The van der Waals surface area contributed by atoms with Crippen LogP contribution in [0.15, 0.2) is 52.9 Å². The van der Waals surface area contributed by atoms with E-state index < -0.39 is 0 Å². The second-order valence-corrected chi connectivity index (χ2v) is 8.51. The fourth-order valence-corrected chi connectivity index (χ4v) is 4.12. The smallest absolute Gasteiger partial charge is 0.253 e. The van der Waals surface area contributed by atoms with Crippen LogP contribution < -0.4 is 5.32 Å². The molecule has 0 unspecified atom stereocenters. The molecule has 8 heteroatoms. The maximum Gasteiger partial charge on any atom is 0.253 e. The number of rotatable bonds is 8. The van der Waals surface area contributed by atoms with Crippen molar-refractivity contribution < 1.29 is 18.7 Å². The summed E-state index contributed by atoms with van der Waals surface area (Å²) in [4.78, 5) is 27.1. The molecule has 0 spiro atoms. The Morgan fingerprint density at radius 2 is 1.76 bits per heavy atom. The first-order valence-electron chi connectivity index (χ1n) is 11.6. The number of ether oxygens (including phenoxy) is 1. The number of nitrogens with zero attached hydrogens (tertiary/aromatic N) is 3. The Kier molecular flexibility index (Phi) is 7.69. The average molecular weight is 463 g/mol. The summed E-state index contributed by atoms with van der Waals surface area (Å²) < 4.78 is 10.9. The minimum atomic E-state index is -0.0473. The van der Waals surface area contributed by atoms with Crippen LogP contribution in [0.1, 0.15) is 35.2 Å². The van der Waals surface area contributed by atoms with Gasteiger partial charge in [0.1, 0.15) is 0 Å². The van der Waals surface area contributed by atoms with Crippen molar-refractivity contribution in [1.82, 2.24) is 20.4 Å². The van der Waals surface area contributed by atoms with Gasteiger partial charge in [0.25, 0.3) is 5.91 Å². The van der Waals surface area contributed by atoms with Gasteiger partial charge in [-0.05, 0) is 62.1 Å². The van der Waals surface area contributed by atoms with Crippen LogP contribution in [-0.4, -0.2) is 60.3 Å². The van der Waals surface area contributed by atoms with Crippen molar-refractivity contribution in [3.05, 3.63) is 59.7 Å². The third kappa shape index (κ3) is 5.51. The van der Waals surface area contributed by atoms with E-state index in [1.165, 1.54) is 0 Å². The molecular weight excluding hydrogens is 432 g/mol. The number of likely N-dealkylation sites (tertiary alicyclic amines) is 1. The summed E-state index contributed by atoms with van der Waals surface area (Å²) in [6.45, 7) is 4.38. The maximum absolute atomic E-state index is 13.0. The van der Waals surface area contributed by atoms with Crippen LogP contribution in [0.4, 0.5) is 0 Å². The standard InChI is InChI=1S/C26H30N4O4/c1-18-6-3-4-7-22(18)25-29-28-24(34-25)20-8-10-21(11-9-20)26(32)30-15-12-19(13-16-30)23(31)27-14-5-17-33-2/h3-4,6-11,19H,5,12-17H2,1-2H3,(H,27,31). The highest BCUT2D eigenvalue weighted by atomic mass is 16.5. The molecule has 0 aliphatic carbocycles. The number of hydrogen-bond acceptors (Lipinski definition) is 6. The van der Waals surface area contributed by atoms with Crippen molar-refractivity contribution in [1.29, 1.82) is 0 Å². The molecule has 2 aromatic carbocycles. The van der Waals surface area contributed by atoms with Gasteiger partial charge < -0.3 is 19.4 Å². The Morgan fingerprint density at radius 3 is 2.47 bits per heavy atom. The minimum absolute atomic E-state index is 0.0309. The lowest BCUT2D eigenvalue weighted by atomic mass is 9.95. The van der Waals surface area contributed by atoms with Gasteiger partial charge in [0, 0.05) is 56.0 Å². The first-order valence-corrected chi connectivity index (χ1v) is 11.6. The van der Waals surface area contributed by atoms with E-state index in [9.17, 15) is 9.59 Å². The number of aromatic nitrogens is 2. The number of aryl methyl sites for hydroxylation is 1. The van der Waals surface area contributed by atoms with Crippen LogP contribution in [-0.2, 0) is 9.53 Å². The number of carbonyl (C=O) groups is 2. The predicted octanol–water partition coefficient (Wildman–Crippen LogP) is 3.72. The van der Waals surface area contributed by atoms with Crippen molar-refractivity contribution >= 4 is 11.8 Å². The molecule has 0 radical (unpaired) electrons. The molecule has 0 saturated carbocycles. The Balaban J connectivity index is 1.33. The zero-order chi connectivity index (χ0) is 23.9. The number of methoxy groups -OCH3 is 1. The van der Waals surface area contributed by atoms with E-state index in [1.807, 2.05) is 48.2 Å². The van der Waals surface area contributed by atoms with E-state index >= 15 is 0 Å². The van der Waals surface area contributed by atoms with Gasteiger partial charge in [-0.25, -0.2) is 0 Å². The third-order valence-corrected chi connectivity index (χ3v) is 6.16. The number of nitrogens with one attached hydrogen (secondary N) is 1. The van der Waals surface area contributed by atoms with E-state index in [0.29, 0.717) is 56.4 Å². The predicted molar refractivity (Wildman–Crippen MR) is 128 cm³/mol. The fourth-order valence-electron chi connectivity index (χ4n) is 4.12. The quantitative estimate of drug-likeness (QED) is 0.513. The number of hydrogen-bond donors (Lipinski definition) is 1. The summed E-state index contributed by atoms with van der Waals surface area (Å²) in [5.41, 5.74) is 3.32. The summed E-state index contributed by atoms with van der Waals surface area (Å²) in [5, 5.41) is 11.3. The molecule has 4 rings (SSSR count). The third-order valence-electron chi connectivity index (χ3n) is 6.16. The summed E-state index contributed by atoms with van der Waals surface area (Å²) in [5.74, 6) is 0.871. The molecule has 8 nitrogen and oxygen atoms in total. The fraction of sp³-hybridized carbons (Fsp3) is 0.385. The number of piperidine rings is 1. The van der Waals surface area contributed by atoms with Crippen LogP contribution in [0.3, 0.4) is 0 Å². The summed E-state index contributed by atoms with van der Waals surface area (Å²) in [7, 11) is 1.65. The Hall–Kier alpha value is -3.52. The highest BCUT2D eigenvalue weighted by Crippen LogP contribution is 2.26. The molecule has 2 heterocycles. The minimum Gasteiger partial charge on any atom is -0.416 e. The van der Waals surface area contributed by atoms with E-state index in [1.54, 1.807) is 19.2 Å². The zero-order valence-corrected chi connectivity index (χ0v) is 19.6. The van der Waals surface area contributed by atoms with E-state index in [0.717, 1.165) is 23.1 Å². The van der Waals surface area contributed by atoms with Gasteiger partial charge in [0.2, 0.25) is 17.7 Å². The Bertz CT molecular complexity index is 1120. The summed E-state index contributed by atoms with van der Waals surface area (Å²) in [6.07, 6.45) is 2.14. The van der Waals surface area contributed by atoms with Gasteiger partial charge >= 0.3 is 0 Å². The Morgan fingerprint density at radius 1 is 1.06 bits per heavy atom. The molecule has 1 aromatic heterocycles. The lowest BCUT2D eigenvalue weighted by Crippen LogP contribution is -2.43. The second-order valence-electron chi connectivity index (χ2n) is 8.51. The lowest BCUT2D eigenvalue weighted by molar-refractivity contribution is -0.126. The number of carbonyl (C=O) groups excluding carboxylic acids is 2. The van der Waals surface area contributed by atoms with E-state index in [2.05, 4.69) is 15.5 Å². The first-order chi connectivity index (χ1) is 16.6. The van der Waals surface area contributed by atoms with Gasteiger partial charge in [-0.15, -0.1) is 10.2 Å². The van der Waals surface area contributed by atoms with Crippen molar-refractivity contribution in [2.75, 3.05) is 33.4 Å². The molecule has 1 aliphatic rings. The molecular formula is C26H30N4O4. The summed E-state index contributed by atoms with van der Waals surface area (Å²) in [6, 6.07) is 15.1. The van der Waals surface area contributed by atoms with Crippen LogP contribution in [0.5, 0.6) is 0 Å². The number of amides is 2. The lowest BCUT2D eigenvalue weighted by Gasteiger charge is -2.31. The van der Waals surface area contributed by atoms with Crippen LogP contribution in [0, 0.1) is 12.8 Å². The average Bonchev–Trinajstić information content (AvgIpc) is 3.37. The number of benzene rings is 2. The first kappa shape index (κ1) is 23.6. The van der Waals surface area contributed by atoms with Gasteiger partial charge in [0.15, 0.2) is 0 Å². The molecule has 3 aromatic rings. The SMILES string of the molecule is COCCCNC(=O)C1CCN(C(=O)c2ccc(-c3nnc(-c4ccccc4C)o3)cc2)CC1. The molecule has 1 fully saturated rings. The van der Waals surface area contributed by atoms with Crippen molar-refractivity contribution in [2.45, 2.75) is 26.2 Å². The molecule has 34 heavy (non-hydrogen) atoms. The van der Waals surface area contributed by atoms with Gasteiger partial charge in [-0.3, -0.25) is 9.59 Å².